The zero-order valence-electron chi connectivity index (χ0n) is 11.3. The molecule has 104 valence electrons. The molecule has 0 spiro atoms. The van der Waals surface area contributed by atoms with Crippen LogP contribution in [0.1, 0.15) is 23.5 Å². The van der Waals surface area contributed by atoms with Gasteiger partial charge in [0.05, 0.1) is 0 Å². The molecular formula is C16H19N3O. The molecule has 0 unspecified atom stereocenters. The zero-order chi connectivity index (χ0) is 14.2. The highest BCUT2D eigenvalue weighted by atomic mass is 16.6. The highest BCUT2D eigenvalue weighted by molar-refractivity contribution is 5.74. The first-order chi connectivity index (χ1) is 9.77. The molecule has 0 atom stereocenters. The van der Waals surface area contributed by atoms with Crippen molar-refractivity contribution in [3.05, 3.63) is 71.8 Å². The van der Waals surface area contributed by atoms with Crippen molar-refractivity contribution in [2.75, 3.05) is 6.61 Å². The zero-order valence-corrected chi connectivity index (χ0v) is 11.3. The molecule has 0 aliphatic carbocycles. The van der Waals surface area contributed by atoms with Crippen LogP contribution in [0, 0.1) is 0 Å². The molecular weight excluding hydrogens is 250 g/mol. The Morgan fingerprint density at radius 1 is 0.900 bits per heavy atom. The summed E-state index contributed by atoms with van der Waals surface area (Å²) in [5, 5.41) is 3.56. The van der Waals surface area contributed by atoms with Crippen molar-refractivity contribution in [3.63, 3.8) is 0 Å². The van der Waals surface area contributed by atoms with Crippen LogP contribution in [0.25, 0.3) is 0 Å². The number of oxime groups is 1. The molecule has 0 aliphatic heterocycles. The number of hydrogen-bond acceptors (Lipinski definition) is 2. The van der Waals surface area contributed by atoms with Gasteiger partial charge in [-0.25, -0.2) is 0 Å². The van der Waals surface area contributed by atoms with Crippen LogP contribution in [0.2, 0.25) is 0 Å². The van der Waals surface area contributed by atoms with Crippen molar-refractivity contribution in [1.82, 2.24) is 0 Å². The molecule has 0 fully saturated rings. The van der Waals surface area contributed by atoms with Gasteiger partial charge < -0.3 is 16.3 Å². The Morgan fingerprint density at radius 2 is 1.40 bits per heavy atom. The van der Waals surface area contributed by atoms with E-state index in [1.807, 2.05) is 36.4 Å². The lowest BCUT2D eigenvalue weighted by Gasteiger charge is -2.17. The van der Waals surface area contributed by atoms with Gasteiger partial charge in [-0.3, -0.25) is 0 Å². The lowest BCUT2D eigenvalue weighted by molar-refractivity contribution is 0.138. The summed E-state index contributed by atoms with van der Waals surface area (Å²) < 4.78 is 0. The Balaban J connectivity index is 2.11. The Labute approximate surface area is 119 Å². The average molecular weight is 269 g/mol. The van der Waals surface area contributed by atoms with Crippen LogP contribution < -0.4 is 11.5 Å². The Bertz CT molecular complexity index is 497. The fraction of sp³-hybridized carbons (Fsp3) is 0.188. The third kappa shape index (κ3) is 4.02. The molecule has 0 saturated heterocycles. The second kappa shape index (κ2) is 7.19. The predicted octanol–water partition coefficient (Wildman–Crippen LogP) is 2.41. The highest BCUT2D eigenvalue weighted by Gasteiger charge is 2.13. The van der Waals surface area contributed by atoms with E-state index in [2.05, 4.69) is 29.4 Å². The van der Waals surface area contributed by atoms with Crippen molar-refractivity contribution in [2.45, 2.75) is 12.3 Å². The minimum atomic E-state index is -0.0547. The number of benzene rings is 2. The molecule has 0 saturated carbocycles. The summed E-state index contributed by atoms with van der Waals surface area (Å²) in [7, 11) is 0. The third-order valence-corrected chi connectivity index (χ3v) is 3.07. The SMILES string of the molecule is NC(N)=NOCCC(c1ccccc1)c1ccccc1. The van der Waals surface area contributed by atoms with Crippen LogP contribution in [0.5, 0.6) is 0 Å². The van der Waals surface area contributed by atoms with E-state index < -0.39 is 0 Å². The molecule has 2 aromatic carbocycles. The summed E-state index contributed by atoms with van der Waals surface area (Å²) in [5.74, 6) is 0.215. The fourth-order valence-corrected chi connectivity index (χ4v) is 2.19. The first kappa shape index (κ1) is 13.9. The monoisotopic (exact) mass is 269 g/mol. The van der Waals surface area contributed by atoms with E-state index in [0.29, 0.717) is 6.61 Å². The quantitative estimate of drug-likeness (QED) is 0.366. The smallest absolute Gasteiger partial charge is 0.228 e. The molecule has 4 N–H and O–H groups in total. The first-order valence-corrected chi connectivity index (χ1v) is 6.58. The first-order valence-electron chi connectivity index (χ1n) is 6.58. The van der Waals surface area contributed by atoms with Gasteiger partial charge >= 0.3 is 0 Å². The topological polar surface area (TPSA) is 73.6 Å². The average Bonchev–Trinajstić information content (AvgIpc) is 2.49. The fourth-order valence-electron chi connectivity index (χ4n) is 2.19. The number of rotatable bonds is 6. The van der Waals surface area contributed by atoms with Gasteiger partial charge in [-0.1, -0.05) is 60.7 Å². The number of nitrogens with two attached hydrogens (primary N) is 2. The summed E-state index contributed by atoms with van der Waals surface area (Å²) in [5.41, 5.74) is 13.0. The largest absolute Gasteiger partial charge is 0.393 e. The molecule has 2 rings (SSSR count). The maximum absolute atomic E-state index is 5.23. The second-order valence-electron chi connectivity index (χ2n) is 4.51. The highest BCUT2D eigenvalue weighted by Crippen LogP contribution is 2.27. The van der Waals surface area contributed by atoms with Crippen molar-refractivity contribution in [3.8, 4) is 0 Å². The molecule has 4 heteroatoms. The van der Waals surface area contributed by atoms with Crippen molar-refractivity contribution in [1.29, 1.82) is 0 Å². The van der Waals surface area contributed by atoms with Gasteiger partial charge in [0, 0.05) is 5.92 Å². The molecule has 2 aromatic rings. The van der Waals surface area contributed by atoms with Crippen LogP contribution in [0.15, 0.2) is 65.8 Å². The van der Waals surface area contributed by atoms with Crippen LogP contribution in [-0.2, 0) is 4.84 Å². The Hall–Kier alpha value is -2.49. The third-order valence-electron chi connectivity index (χ3n) is 3.07. The van der Waals surface area contributed by atoms with Gasteiger partial charge in [-0.15, -0.1) is 0 Å². The van der Waals surface area contributed by atoms with E-state index in [9.17, 15) is 0 Å². The maximum atomic E-state index is 5.23. The summed E-state index contributed by atoms with van der Waals surface area (Å²) in [4.78, 5) is 5.11. The van der Waals surface area contributed by atoms with Crippen molar-refractivity contribution < 1.29 is 4.84 Å². The van der Waals surface area contributed by atoms with E-state index in [0.717, 1.165) is 6.42 Å². The van der Waals surface area contributed by atoms with E-state index in [1.165, 1.54) is 11.1 Å². The lowest BCUT2D eigenvalue weighted by Crippen LogP contribution is -2.23. The normalized spacial score (nSPS) is 10.2. The Morgan fingerprint density at radius 3 is 1.85 bits per heavy atom. The second-order valence-corrected chi connectivity index (χ2v) is 4.51. The molecule has 0 heterocycles. The van der Waals surface area contributed by atoms with Gasteiger partial charge in [0.25, 0.3) is 0 Å². The molecule has 0 aliphatic rings. The maximum Gasteiger partial charge on any atom is 0.228 e. The van der Waals surface area contributed by atoms with Crippen LogP contribution >= 0.6 is 0 Å². The molecule has 4 nitrogen and oxygen atoms in total. The van der Waals surface area contributed by atoms with Gasteiger partial charge in [0.2, 0.25) is 5.96 Å². The van der Waals surface area contributed by atoms with E-state index >= 15 is 0 Å². The minimum absolute atomic E-state index is 0.0547. The molecule has 0 amide bonds. The molecule has 0 bridgehead atoms. The minimum Gasteiger partial charge on any atom is -0.393 e. The number of nitrogens with zero attached hydrogens (tertiary/aromatic N) is 1. The van der Waals surface area contributed by atoms with E-state index in [-0.39, 0.29) is 11.9 Å². The summed E-state index contributed by atoms with van der Waals surface area (Å²) in [6.45, 7) is 0.465. The van der Waals surface area contributed by atoms with Gasteiger partial charge in [0.15, 0.2) is 0 Å². The standard InChI is InChI=1S/C16H19N3O/c17-16(18)19-20-12-11-15(13-7-3-1-4-8-13)14-9-5-2-6-10-14/h1-10,15H,11-12H2,(H4,17,18,19). The molecule has 0 radical (unpaired) electrons. The molecule has 20 heavy (non-hydrogen) atoms. The lowest BCUT2D eigenvalue weighted by atomic mass is 9.89. The number of hydrogen-bond donors (Lipinski definition) is 2. The van der Waals surface area contributed by atoms with Crippen LogP contribution in [0.4, 0.5) is 0 Å². The Kier molecular flexibility index (Phi) is 5.00. The van der Waals surface area contributed by atoms with E-state index in [4.69, 9.17) is 16.3 Å². The summed E-state index contributed by atoms with van der Waals surface area (Å²) >= 11 is 0. The van der Waals surface area contributed by atoms with Crippen LogP contribution in [0.3, 0.4) is 0 Å². The van der Waals surface area contributed by atoms with Crippen molar-refractivity contribution >= 4 is 5.96 Å². The summed E-state index contributed by atoms with van der Waals surface area (Å²) in [6.07, 6.45) is 0.810. The van der Waals surface area contributed by atoms with Gasteiger partial charge in [0.1, 0.15) is 6.61 Å². The molecule has 0 aromatic heterocycles. The number of guanidine groups is 1. The van der Waals surface area contributed by atoms with Gasteiger partial charge in [-0.05, 0) is 22.7 Å². The van der Waals surface area contributed by atoms with Crippen LogP contribution in [-0.4, -0.2) is 12.6 Å². The van der Waals surface area contributed by atoms with Gasteiger partial charge in [-0.2, -0.15) is 0 Å². The predicted molar refractivity (Wildman–Crippen MR) is 81.1 cm³/mol. The van der Waals surface area contributed by atoms with E-state index in [1.54, 1.807) is 0 Å². The van der Waals surface area contributed by atoms with Crippen molar-refractivity contribution in [2.24, 2.45) is 16.6 Å². The summed E-state index contributed by atoms with van der Waals surface area (Å²) in [6, 6.07) is 20.7.